The van der Waals surface area contributed by atoms with Crippen molar-refractivity contribution in [3.63, 3.8) is 0 Å². The quantitative estimate of drug-likeness (QED) is 0.785. The van der Waals surface area contributed by atoms with E-state index in [1.807, 2.05) is 37.4 Å². The van der Waals surface area contributed by atoms with Crippen LogP contribution >= 0.6 is 35.6 Å². The number of likely N-dealkylation sites (N-methyl/N-ethyl adjacent to an activating group) is 1. The van der Waals surface area contributed by atoms with Crippen LogP contribution in [0.3, 0.4) is 0 Å². The number of fused-ring (bicyclic) bond motifs is 1. The van der Waals surface area contributed by atoms with Gasteiger partial charge in [-0.1, -0.05) is 35.3 Å². The minimum atomic E-state index is 0. The number of benzodiazepines with no additional fused rings is 1. The molecule has 2 aromatic carbocycles. The summed E-state index contributed by atoms with van der Waals surface area (Å²) in [4.78, 5) is 6.74. The Labute approximate surface area is 157 Å². The van der Waals surface area contributed by atoms with Crippen molar-refractivity contribution in [3.05, 3.63) is 63.6 Å². The molecular weight excluding hydrogens is 367 g/mol. The summed E-state index contributed by atoms with van der Waals surface area (Å²) in [5.41, 5.74) is 3.81. The van der Waals surface area contributed by atoms with Gasteiger partial charge in [-0.3, -0.25) is 4.99 Å². The summed E-state index contributed by atoms with van der Waals surface area (Å²) in [7, 11) is 2.00. The molecule has 24 heavy (non-hydrogen) atoms. The number of allylic oxidation sites excluding steroid dienone is 1. The molecule has 0 fully saturated rings. The van der Waals surface area contributed by atoms with Gasteiger partial charge in [0.15, 0.2) is 0 Å². The lowest BCUT2D eigenvalue weighted by Gasteiger charge is -2.19. The first-order valence-corrected chi connectivity index (χ1v) is 8.02. The third kappa shape index (κ3) is 4.04. The molecule has 1 aliphatic heterocycles. The van der Waals surface area contributed by atoms with E-state index >= 15 is 0 Å². The van der Waals surface area contributed by atoms with Crippen LogP contribution in [0.1, 0.15) is 11.1 Å². The van der Waals surface area contributed by atoms with Crippen LogP contribution in [-0.2, 0) is 0 Å². The molecule has 0 spiro atoms. The van der Waals surface area contributed by atoms with Crippen LogP contribution in [0.4, 0.5) is 5.69 Å². The molecule has 1 heterocycles. The molecule has 0 radical (unpaired) electrons. The Bertz CT molecular complexity index is 803. The second-order valence-electron chi connectivity index (χ2n) is 5.40. The second kappa shape index (κ2) is 7.93. The van der Waals surface area contributed by atoms with Gasteiger partial charge in [-0.15, -0.1) is 12.4 Å². The van der Waals surface area contributed by atoms with E-state index in [-0.39, 0.29) is 18.2 Å². The van der Waals surface area contributed by atoms with E-state index in [9.17, 15) is 5.11 Å². The molecule has 0 saturated carbocycles. The third-order valence-corrected chi connectivity index (χ3v) is 4.50. The Morgan fingerprint density at radius 2 is 1.88 bits per heavy atom. The number of phenols is 1. The Morgan fingerprint density at radius 3 is 2.62 bits per heavy atom. The molecule has 1 N–H and O–H groups in total. The zero-order valence-electron chi connectivity index (χ0n) is 13.0. The first kappa shape index (κ1) is 18.7. The summed E-state index contributed by atoms with van der Waals surface area (Å²) in [5.74, 6) is 0.255. The minimum absolute atomic E-state index is 0. The summed E-state index contributed by atoms with van der Waals surface area (Å²) in [5, 5.41) is 10.8. The number of rotatable bonds is 2. The van der Waals surface area contributed by atoms with Crippen LogP contribution in [0.15, 0.2) is 47.5 Å². The van der Waals surface area contributed by atoms with Crippen molar-refractivity contribution >= 4 is 53.1 Å². The Hall–Kier alpha value is -1.68. The smallest absolute Gasteiger partial charge is 0.117 e. The molecule has 0 aliphatic carbocycles. The maximum absolute atomic E-state index is 9.74. The van der Waals surface area contributed by atoms with Gasteiger partial charge in [0.1, 0.15) is 5.75 Å². The molecule has 0 unspecified atom stereocenters. The predicted octanol–water partition coefficient (Wildman–Crippen LogP) is 5.07. The van der Waals surface area contributed by atoms with Gasteiger partial charge in [0, 0.05) is 30.9 Å². The van der Waals surface area contributed by atoms with Gasteiger partial charge in [0.05, 0.1) is 22.3 Å². The van der Waals surface area contributed by atoms with Crippen LogP contribution < -0.4 is 4.90 Å². The van der Waals surface area contributed by atoms with Crippen molar-refractivity contribution in [1.82, 2.24) is 0 Å². The van der Waals surface area contributed by atoms with Gasteiger partial charge in [-0.05, 0) is 35.9 Å². The molecule has 1 aliphatic rings. The van der Waals surface area contributed by atoms with E-state index in [1.54, 1.807) is 18.2 Å². The van der Waals surface area contributed by atoms with Crippen molar-refractivity contribution < 1.29 is 5.11 Å². The normalized spacial score (nSPS) is 14.0. The van der Waals surface area contributed by atoms with Crippen molar-refractivity contribution in [2.45, 2.75) is 0 Å². The van der Waals surface area contributed by atoms with E-state index in [4.69, 9.17) is 23.2 Å². The lowest BCUT2D eigenvalue weighted by atomic mass is 10.1. The number of nitrogens with zero attached hydrogens (tertiary/aromatic N) is 2. The van der Waals surface area contributed by atoms with Gasteiger partial charge in [0.25, 0.3) is 0 Å². The Morgan fingerprint density at radius 1 is 1.08 bits per heavy atom. The fourth-order valence-electron chi connectivity index (χ4n) is 2.51. The molecule has 6 heteroatoms. The summed E-state index contributed by atoms with van der Waals surface area (Å²) in [6.07, 6.45) is 3.93. The zero-order valence-corrected chi connectivity index (χ0v) is 15.4. The number of benzene rings is 2. The van der Waals surface area contributed by atoms with E-state index in [1.165, 1.54) is 0 Å². The summed E-state index contributed by atoms with van der Waals surface area (Å²) < 4.78 is 0. The molecule has 3 nitrogen and oxygen atoms in total. The fraction of sp³-hybridized carbons (Fsp3) is 0.167. The monoisotopic (exact) mass is 382 g/mol. The third-order valence-electron chi connectivity index (χ3n) is 3.76. The van der Waals surface area contributed by atoms with Crippen molar-refractivity contribution in [3.8, 4) is 5.75 Å². The fourth-order valence-corrected chi connectivity index (χ4v) is 2.82. The van der Waals surface area contributed by atoms with Crippen LogP contribution in [0.2, 0.25) is 10.0 Å². The molecule has 0 atom stereocenters. The molecule has 0 amide bonds. The van der Waals surface area contributed by atoms with Gasteiger partial charge < -0.3 is 10.0 Å². The van der Waals surface area contributed by atoms with Crippen LogP contribution in [0.5, 0.6) is 5.75 Å². The van der Waals surface area contributed by atoms with Crippen LogP contribution in [0, 0.1) is 0 Å². The number of aromatic hydroxyl groups is 1. The number of aliphatic imine (C=N–C) groups is 1. The minimum Gasteiger partial charge on any atom is -0.508 e. The summed E-state index contributed by atoms with van der Waals surface area (Å²) in [6, 6.07) is 10.8. The highest BCUT2D eigenvalue weighted by Crippen LogP contribution is 2.28. The second-order valence-corrected chi connectivity index (χ2v) is 6.21. The van der Waals surface area contributed by atoms with Gasteiger partial charge >= 0.3 is 0 Å². The van der Waals surface area contributed by atoms with Crippen molar-refractivity contribution in [2.75, 3.05) is 25.0 Å². The number of halogens is 3. The Balaban J connectivity index is 0.00000208. The van der Waals surface area contributed by atoms with Crippen LogP contribution in [0.25, 0.3) is 6.08 Å². The van der Waals surface area contributed by atoms with E-state index in [2.05, 4.69) is 9.89 Å². The van der Waals surface area contributed by atoms with Gasteiger partial charge in [0.2, 0.25) is 0 Å². The molecule has 2 aromatic rings. The van der Waals surface area contributed by atoms with Crippen molar-refractivity contribution in [1.29, 1.82) is 0 Å². The maximum atomic E-state index is 9.74. The number of anilines is 1. The lowest BCUT2D eigenvalue weighted by molar-refractivity contribution is 0.475. The first-order valence-electron chi connectivity index (χ1n) is 7.27. The highest BCUT2D eigenvalue weighted by atomic mass is 35.5. The Kier molecular flexibility index (Phi) is 6.16. The number of phenolic OH excluding ortho intramolecular Hbond substituents is 1. The zero-order chi connectivity index (χ0) is 16.4. The largest absolute Gasteiger partial charge is 0.508 e. The average molecular weight is 384 g/mol. The number of hydrogen-bond donors (Lipinski definition) is 1. The maximum Gasteiger partial charge on any atom is 0.117 e. The van der Waals surface area contributed by atoms with Crippen LogP contribution in [-0.4, -0.2) is 31.0 Å². The highest BCUT2D eigenvalue weighted by molar-refractivity contribution is 6.42. The lowest BCUT2D eigenvalue weighted by Crippen LogP contribution is -2.20. The SMILES string of the molecule is CN1CCN=C(/C=C/c2ccc(Cl)c(Cl)c2)c2ccc(O)cc21.Cl. The topological polar surface area (TPSA) is 35.8 Å². The molecular formula is C18H17Cl3N2O. The molecule has 3 rings (SSSR count). The summed E-state index contributed by atoms with van der Waals surface area (Å²) in [6.45, 7) is 1.51. The van der Waals surface area contributed by atoms with E-state index in [0.29, 0.717) is 16.6 Å². The summed E-state index contributed by atoms with van der Waals surface area (Å²) >= 11 is 12.0. The van der Waals surface area contributed by atoms with Gasteiger partial charge in [-0.25, -0.2) is 0 Å². The first-order chi connectivity index (χ1) is 11.0. The molecule has 0 bridgehead atoms. The average Bonchev–Trinajstić information content (AvgIpc) is 2.68. The number of hydrogen-bond acceptors (Lipinski definition) is 3. The van der Waals surface area contributed by atoms with E-state index < -0.39 is 0 Å². The van der Waals surface area contributed by atoms with E-state index in [0.717, 1.165) is 29.1 Å². The molecule has 0 aromatic heterocycles. The highest BCUT2D eigenvalue weighted by Gasteiger charge is 2.15. The standard InChI is InChI=1S/C18H16Cl2N2O.ClH/c1-22-9-8-21-17(14-5-4-13(23)11-18(14)22)7-3-12-2-6-15(19)16(20)10-12;/h2-7,10-11,23H,8-9H2,1H3;1H/b7-3+;. The molecule has 126 valence electrons. The van der Waals surface area contributed by atoms with Crippen molar-refractivity contribution in [2.24, 2.45) is 4.99 Å². The predicted molar refractivity (Wildman–Crippen MR) is 106 cm³/mol. The molecule has 0 saturated heterocycles. The van der Waals surface area contributed by atoms with Gasteiger partial charge in [-0.2, -0.15) is 0 Å².